The number of rotatable bonds is 9. The van der Waals surface area contributed by atoms with Gasteiger partial charge in [0.1, 0.15) is 22.8 Å². The summed E-state index contributed by atoms with van der Waals surface area (Å²) in [6, 6.07) is 8.91. The predicted molar refractivity (Wildman–Crippen MR) is 226 cm³/mol. The van der Waals surface area contributed by atoms with Crippen LogP contribution in [-0.2, 0) is 19.1 Å². The van der Waals surface area contributed by atoms with Crippen LogP contribution in [0.2, 0.25) is 0 Å². The summed E-state index contributed by atoms with van der Waals surface area (Å²) in [7, 11) is 3.41. The number of H-pyrrole nitrogens is 2. The molecule has 3 amide bonds. The highest BCUT2D eigenvalue weighted by atomic mass is 32.1. The van der Waals surface area contributed by atoms with Gasteiger partial charge in [-0.15, -0.1) is 11.3 Å². The molecular formula is C42H59N9O5S. The van der Waals surface area contributed by atoms with Crippen LogP contribution in [0.5, 0.6) is 0 Å². The first kappa shape index (κ1) is 44.4. The minimum absolute atomic E-state index is 0.00662. The fraction of sp³-hybridized carbons (Fsp3) is 0.476. The fourth-order valence-corrected chi connectivity index (χ4v) is 7.87. The summed E-state index contributed by atoms with van der Waals surface area (Å²) >= 11 is 1.75. The van der Waals surface area contributed by atoms with Gasteiger partial charge in [-0.25, -0.2) is 14.8 Å². The van der Waals surface area contributed by atoms with E-state index in [9.17, 15) is 19.2 Å². The molecule has 0 bridgehead atoms. The van der Waals surface area contributed by atoms with Crippen molar-refractivity contribution >= 4 is 45.7 Å². The molecule has 0 unspecified atom stereocenters. The van der Waals surface area contributed by atoms with Gasteiger partial charge in [-0.2, -0.15) is 0 Å². The Hall–Kier alpha value is -5.28. The number of methoxy groups -OCH3 is 1. The van der Waals surface area contributed by atoms with Crippen LogP contribution in [0.1, 0.15) is 102 Å². The third-order valence-electron chi connectivity index (χ3n) is 9.40. The van der Waals surface area contributed by atoms with Crippen molar-refractivity contribution in [2.45, 2.75) is 92.2 Å². The number of carbonyl (C=O) groups excluding carboxylic acids is 4. The van der Waals surface area contributed by atoms with Crippen molar-refractivity contribution in [3.05, 3.63) is 65.4 Å². The van der Waals surface area contributed by atoms with Gasteiger partial charge in [-0.1, -0.05) is 46.6 Å². The standard InChI is InChI=1S/C32H36N8O2S.C4H7NO3.2C3H8/c1-19-14-21(24-15-34-31(36-24)28-7-5-12-39(28)29(42)17-33-20(2)41)8-9-26(19)40-13-10-22-23(18-43-32(22)40)25-16-35-30(37-25)27-6-4-11-38(27)3;1-8-4(7)5-2-3-6;2*1-3-2/h8-10,13-16,18,27-28H,4-7,11-12,17H2,1-3H3,(H,33,41)(H,34,36)(H,35,37);3H,2H2,1H3,(H,5,7);2*3H2,1-2H3/t27-,28-;;;/m0.../s1. The van der Waals surface area contributed by atoms with E-state index in [0.29, 0.717) is 18.9 Å². The van der Waals surface area contributed by atoms with Crippen LogP contribution >= 0.6 is 11.3 Å². The first-order chi connectivity index (χ1) is 27.5. The summed E-state index contributed by atoms with van der Waals surface area (Å²) in [6.45, 7) is 13.9. The summed E-state index contributed by atoms with van der Waals surface area (Å²) < 4.78 is 6.41. The molecule has 14 nitrogen and oxygen atoms in total. The third-order valence-corrected chi connectivity index (χ3v) is 10.4. The quantitative estimate of drug-likeness (QED) is 0.110. The van der Waals surface area contributed by atoms with E-state index < -0.39 is 6.09 Å². The molecule has 5 aromatic rings. The largest absolute Gasteiger partial charge is 0.453 e. The second kappa shape index (κ2) is 21.9. The van der Waals surface area contributed by atoms with Crippen molar-refractivity contribution in [2.24, 2.45) is 0 Å². The molecule has 57 heavy (non-hydrogen) atoms. The Balaban J connectivity index is 0.000000446. The molecule has 0 aliphatic carbocycles. The second-order valence-electron chi connectivity index (χ2n) is 14.2. The van der Waals surface area contributed by atoms with Gasteiger partial charge >= 0.3 is 6.09 Å². The minimum atomic E-state index is -0.586. The zero-order chi connectivity index (χ0) is 41.5. The molecule has 2 aliphatic rings. The van der Waals surface area contributed by atoms with E-state index in [2.05, 4.69) is 117 Å². The number of hydrogen-bond acceptors (Lipinski definition) is 9. The molecule has 2 fully saturated rings. The minimum Gasteiger partial charge on any atom is -0.453 e. The molecule has 2 atom stereocenters. The van der Waals surface area contributed by atoms with E-state index >= 15 is 0 Å². The van der Waals surface area contributed by atoms with E-state index in [1.54, 1.807) is 11.3 Å². The van der Waals surface area contributed by atoms with E-state index in [1.165, 1.54) is 49.1 Å². The Morgan fingerprint density at radius 2 is 1.60 bits per heavy atom. The van der Waals surface area contributed by atoms with Crippen molar-refractivity contribution in [1.29, 1.82) is 0 Å². The van der Waals surface area contributed by atoms with Crippen molar-refractivity contribution in [1.82, 2.24) is 44.9 Å². The number of fused-ring (bicyclic) bond motifs is 1. The summed E-state index contributed by atoms with van der Waals surface area (Å²) in [5, 5.41) is 8.21. The zero-order valence-electron chi connectivity index (χ0n) is 34.6. The zero-order valence-corrected chi connectivity index (χ0v) is 35.4. The number of aromatic amines is 2. The van der Waals surface area contributed by atoms with Crippen molar-refractivity contribution < 1.29 is 23.9 Å². The van der Waals surface area contributed by atoms with Gasteiger partial charge in [0, 0.05) is 41.7 Å². The number of thiophene rings is 1. The Morgan fingerprint density at radius 1 is 0.947 bits per heavy atom. The maximum Gasteiger partial charge on any atom is 0.407 e. The van der Waals surface area contributed by atoms with Gasteiger partial charge in [0.2, 0.25) is 11.8 Å². The number of likely N-dealkylation sites (tertiary alicyclic amines) is 2. The highest BCUT2D eigenvalue weighted by Crippen LogP contribution is 2.38. The van der Waals surface area contributed by atoms with E-state index in [0.717, 1.165) is 65.7 Å². The van der Waals surface area contributed by atoms with Crippen molar-refractivity contribution in [3.8, 4) is 28.2 Å². The average molecular weight is 802 g/mol. The monoisotopic (exact) mass is 801 g/mol. The highest BCUT2D eigenvalue weighted by molar-refractivity contribution is 7.17. The lowest BCUT2D eigenvalue weighted by Gasteiger charge is -2.23. The lowest BCUT2D eigenvalue weighted by Crippen LogP contribution is -2.39. The van der Waals surface area contributed by atoms with Gasteiger partial charge in [-0.3, -0.25) is 14.5 Å². The molecule has 0 spiro atoms. The van der Waals surface area contributed by atoms with E-state index in [-0.39, 0.29) is 30.9 Å². The summed E-state index contributed by atoms with van der Waals surface area (Å²) in [5.41, 5.74) is 6.52. The van der Waals surface area contributed by atoms with Crippen LogP contribution in [0.25, 0.3) is 38.4 Å². The van der Waals surface area contributed by atoms with E-state index in [1.807, 2.05) is 17.3 Å². The number of aryl methyl sites for hydroxylation is 1. The number of carbonyl (C=O) groups is 4. The maximum absolute atomic E-state index is 12.7. The van der Waals surface area contributed by atoms with Crippen molar-refractivity contribution in [3.63, 3.8) is 0 Å². The van der Waals surface area contributed by atoms with Gasteiger partial charge in [0.15, 0.2) is 0 Å². The number of aldehydes is 1. The topological polar surface area (TPSA) is 170 Å². The highest BCUT2D eigenvalue weighted by Gasteiger charge is 2.32. The number of amides is 3. The lowest BCUT2D eigenvalue weighted by atomic mass is 10.1. The number of aromatic nitrogens is 5. The first-order valence-corrected chi connectivity index (χ1v) is 20.7. The van der Waals surface area contributed by atoms with Crippen LogP contribution in [0.4, 0.5) is 4.79 Å². The molecule has 4 N–H and O–H groups in total. The first-order valence-electron chi connectivity index (χ1n) is 19.8. The lowest BCUT2D eigenvalue weighted by molar-refractivity contribution is -0.133. The number of nitrogens with zero attached hydrogens (tertiary/aromatic N) is 5. The molecule has 308 valence electrons. The smallest absolute Gasteiger partial charge is 0.407 e. The Labute approximate surface area is 339 Å². The van der Waals surface area contributed by atoms with E-state index in [4.69, 9.17) is 4.98 Å². The molecule has 15 heteroatoms. The molecule has 2 saturated heterocycles. The fourth-order valence-electron chi connectivity index (χ4n) is 6.81. The van der Waals surface area contributed by atoms with Gasteiger partial charge in [0.25, 0.3) is 0 Å². The van der Waals surface area contributed by atoms with Gasteiger partial charge < -0.3 is 39.6 Å². The molecule has 0 saturated carbocycles. The van der Waals surface area contributed by atoms with Crippen LogP contribution < -0.4 is 10.6 Å². The Bertz CT molecular complexity index is 2060. The normalized spacial score (nSPS) is 16.1. The summed E-state index contributed by atoms with van der Waals surface area (Å²) in [6.07, 6.45) is 12.6. The molecule has 6 heterocycles. The van der Waals surface area contributed by atoms with Crippen molar-refractivity contribution in [2.75, 3.05) is 40.3 Å². The molecule has 0 radical (unpaired) electrons. The van der Waals surface area contributed by atoms with Gasteiger partial charge in [0.05, 0.1) is 56.1 Å². The number of imidazole rings is 2. The second-order valence-corrected chi connectivity index (χ2v) is 15.0. The number of nitrogens with one attached hydrogen (secondary N) is 4. The molecule has 1 aromatic carbocycles. The Kier molecular flexibility index (Phi) is 17.0. The van der Waals surface area contributed by atoms with Crippen LogP contribution in [-0.4, -0.2) is 98.8 Å². The molecule has 7 rings (SSSR count). The molecular weight excluding hydrogens is 743 g/mol. The summed E-state index contributed by atoms with van der Waals surface area (Å²) in [4.78, 5) is 65.5. The van der Waals surface area contributed by atoms with Crippen LogP contribution in [0, 0.1) is 6.92 Å². The maximum atomic E-state index is 12.7. The number of benzene rings is 1. The average Bonchev–Trinajstić information content (AvgIpc) is 4.04. The SMILES string of the molecule is CC(=O)NCC(=O)N1CCC[C@H]1c1ncc(-c2ccc(-n3ccc4c(-c5cnc([C@@H]6CCCN6C)[nH]5)csc43)c(C)c2)[nH]1.CCC.CCC.COC(=O)NCC=O. The Morgan fingerprint density at radius 3 is 2.23 bits per heavy atom. The van der Waals surface area contributed by atoms with Crippen LogP contribution in [0.15, 0.2) is 48.2 Å². The molecule has 4 aromatic heterocycles. The number of alkyl carbamates (subject to hydrolysis) is 1. The van der Waals surface area contributed by atoms with Crippen LogP contribution in [0.3, 0.4) is 0 Å². The molecule has 2 aliphatic heterocycles. The summed E-state index contributed by atoms with van der Waals surface area (Å²) in [5.74, 6) is 1.55. The van der Waals surface area contributed by atoms with Gasteiger partial charge in [-0.05, 0) is 75.5 Å². The predicted octanol–water partition coefficient (Wildman–Crippen LogP) is 7.72. The number of ether oxygens (including phenoxy) is 1. The third kappa shape index (κ3) is 11.4. The number of hydrogen-bond donors (Lipinski definition) is 4.